The molecule has 6 heteroatoms. The fourth-order valence-corrected chi connectivity index (χ4v) is 2.59. The molecule has 118 valence electrons. The van der Waals surface area contributed by atoms with E-state index in [2.05, 4.69) is 0 Å². The van der Waals surface area contributed by atoms with Gasteiger partial charge in [-0.25, -0.2) is 0 Å². The van der Waals surface area contributed by atoms with Crippen LogP contribution in [0.2, 0.25) is 0 Å². The van der Waals surface area contributed by atoms with E-state index in [1.54, 1.807) is 31.4 Å². The van der Waals surface area contributed by atoms with E-state index in [1.807, 2.05) is 0 Å². The van der Waals surface area contributed by atoms with Crippen molar-refractivity contribution in [1.29, 1.82) is 0 Å². The van der Waals surface area contributed by atoms with Crippen LogP contribution >= 0.6 is 0 Å². The highest BCUT2D eigenvalue weighted by atomic mass is 16.5. The molecule has 1 aromatic carbocycles. The molecule has 0 fully saturated rings. The molecule has 0 aliphatic carbocycles. The molecule has 1 N–H and O–H groups in total. The number of benzene rings is 1. The van der Waals surface area contributed by atoms with Gasteiger partial charge in [0.15, 0.2) is 11.5 Å². The van der Waals surface area contributed by atoms with Gasteiger partial charge in [0.05, 0.1) is 25.3 Å². The number of Topliss-reactive ketones (excluding diaryl/α,β-unsaturated/α-hetero) is 1. The number of hydrogen-bond donors (Lipinski definition) is 1. The zero-order valence-corrected chi connectivity index (χ0v) is 12.8. The second-order valence-electron chi connectivity index (χ2n) is 4.99. The number of aliphatic hydroxyl groups is 1. The molecule has 1 aliphatic rings. The van der Waals surface area contributed by atoms with Crippen LogP contribution in [0.5, 0.6) is 5.75 Å². The number of aliphatic hydroxyl groups excluding tert-OH is 1. The monoisotopic (exact) mass is 305 g/mol. The lowest BCUT2D eigenvalue weighted by atomic mass is 9.96. The molecule has 22 heavy (non-hydrogen) atoms. The van der Waals surface area contributed by atoms with Crippen LogP contribution in [0.1, 0.15) is 18.5 Å². The van der Waals surface area contributed by atoms with Gasteiger partial charge in [-0.05, 0) is 24.6 Å². The van der Waals surface area contributed by atoms with Crippen LogP contribution in [-0.2, 0) is 14.3 Å². The molecule has 0 bridgehead atoms. The first kappa shape index (κ1) is 16.0. The Kier molecular flexibility index (Phi) is 4.82. The molecule has 0 aromatic heterocycles. The van der Waals surface area contributed by atoms with E-state index in [4.69, 9.17) is 9.47 Å². The minimum Gasteiger partial charge on any atom is -0.503 e. The molecule has 1 aliphatic heterocycles. The maximum absolute atomic E-state index is 12.2. The summed E-state index contributed by atoms with van der Waals surface area (Å²) in [6, 6.07) is 6.47. The summed E-state index contributed by atoms with van der Waals surface area (Å²) in [7, 11) is 3.07. The fourth-order valence-electron chi connectivity index (χ4n) is 2.59. The predicted molar refractivity (Wildman–Crippen MR) is 79.7 cm³/mol. The van der Waals surface area contributed by atoms with Crippen LogP contribution in [-0.4, -0.2) is 49.1 Å². The van der Waals surface area contributed by atoms with E-state index < -0.39 is 17.7 Å². The lowest BCUT2D eigenvalue weighted by Crippen LogP contribution is -2.33. The van der Waals surface area contributed by atoms with E-state index in [0.29, 0.717) is 17.9 Å². The molecule has 2 rings (SSSR count). The summed E-state index contributed by atoms with van der Waals surface area (Å²) < 4.78 is 10.2. The lowest BCUT2D eigenvalue weighted by molar-refractivity contribution is -0.130. The standard InChI is InChI=1S/C16H19NO5/c1-10(18)13-14(11-5-4-6-12(9-11)22-3)17(7-8-21-2)16(20)15(13)19/h4-6,9,14,19H,7-8H2,1-3H3/t14-/m0/s1. The third kappa shape index (κ3) is 2.82. The van der Waals surface area contributed by atoms with Crippen molar-refractivity contribution < 1.29 is 24.2 Å². The minimum absolute atomic E-state index is 0.106. The van der Waals surface area contributed by atoms with Crippen molar-refractivity contribution in [2.45, 2.75) is 13.0 Å². The minimum atomic E-state index is -0.629. The molecule has 6 nitrogen and oxygen atoms in total. The predicted octanol–water partition coefficient (Wildman–Crippen LogP) is 1.63. The molecule has 0 unspecified atom stereocenters. The van der Waals surface area contributed by atoms with Crippen LogP contribution < -0.4 is 4.74 Å². The number of ketones is 1. The Morgan fingerprint density at radius 3 is 2.68 bits per heavy atom. The summed E-state index contributed by atoms with van der Waals surface area (Å²) in [6.07, 6.45) is 0. The van der Waals surface area contributed by atoms with Gasteiger partial charge in [0.1, 0.15) is 5.75 Å². The molecule has 0 saturated heterocycles. The van der Waals surface area contributed by atoms with E-state index in [-0.39, 0.29) is 17.9 Å². The van der Waals surface area contributed by atoms with E-state index in [9.17, 15) is 14.7 Å². The first-order chi connectivity index (χ1) is 10.5. The Hall–Kier alpha value is -2.34. The molecule has 0 spiro atoms. The number of rotatable bonds is 6. The Balaban J connectivity index is 2.48. The lowest BCUT2D eigenvalue weighted by Gasteiger charge is -2.26. The summed E-state index contributed by atoms with van der Waals surface area (Å²) in [5.74, 6) is -0.768. The van der Waals surface area contributed by atoms with Gasteiger partial charge in [-0.2, -0.15) is 0 Å². The highest BCUT2D eigenvalue weighted by Crippen LogP contribution is 2.38. The molecule has 0 saturated carbocycles. The third-order valence-corrected chi connectivity index (χ3v) is 3.63. The summed E-state index contributed by atoms with van der Waals surface area (Å²) in [5.41, 5.74) is 0.812. The number of amides is 1. The number of carbonyl (C=O) groups is 2. The smallest absolute Gasteiger partial charge is 0.290 e. The zero-order valence-electron chi connectivity index (χ0n) is 12.8. The van der Waals surface area contributed by atoms with E-state index in [1.165, 1.54) is 18.9 Å². The first-order valence-corrected chi connectivity index (χ1v) is 6.89. The number of nitrogens with zero attached hydrogens (tertiary/aromatic N) is 1. The first-order valence-electron chi connectivity index (χ1n) is 6.89. The summed E-state index contributed by atoms with van der Waals surface area (Å²) in [4.78, 5) is 25.6. The zero-order chi connectivity index (χ0) is 16.3. The molecule has 0 radical (unpaired) electrons. The van der Waals surface area contributed by atoms with Gasteiger partial charge in [0.2, 0.25) is 0 Å². The summed E-state index contributed by atoms with van der Waals surface area (Å²) >= 11 is 0. The van der Waals surface area contributed by atoms with Crippen molar-refractivity contribution in [2.24, 2.45) is 0 Å². The molecule has 1 heterocycles. The molecule has 1 aromatic rings. The van der Waals surface area contributed by atoms with Crippen LogP contribution in [0.4, 0.5) is 0 Å². The number of ether oxygens (including phenoxy) is 2. The van der Waals surface area contributed by atoms with Gasteiger partial charge < -0.3 is 19.5 Å². The fraction of sp³-hybridized carbons (Fsp3) is 0.375. The SMILES string of the molecule is COCCN1C(=O)C(O)=C(C(C)=O)[C@@H]1c1cccc(OC)c1. The van der Waals surface area contributed by atoms with Crippen LogP contribution in [0.3, 0.4) is 0 Å². The van der Waals surface area contributed by atoms with Crippen molar-refractivity contribution in [3.63, 3.8) is 0 Å². The van der Waals surface area contributed by atoms with Crippen molar-refractivity contribution >= 4 is 11.7 Å². The quantitative estimate of drug-likeness (QED) is 0.864. The topological polar surface area (TPSA) is 76.1 Å². The van der Waals surface area contributed by atoms with Gasteiger partial charge in [-0.15, -0.1) is 0 Å². The molecular weight excluding hydrogens is 286 g/mol. The third-order valence-electron chi connectivity index (χ3n) is 3.63. The Bertz CT molecular complexity index is 623. The van der Waals surface area contributed by atoms with Crippen molar-refractivity contribution in [3.8, 4) is 5.75 Å². The molecule has 1 amide bonds. The van der Waals surface area contributed by atoms with Gasteiger partial charge in [-0.3, -0.25) is 9.59 Å². The van der Waals surface area contributed by atoms with Gasteiger partial charge >= 0.3 is 0 Å². The van der Waals surface area contributed by atoms with Crippen LogP contribution in [0.15, 0.2) is 35.6 Å². The number of hydrogen-bond acceptors (Lipinski definition) is 5. The number of methoxy groups -OCH3 is 2. The highest BCUT2D eigenvalue weighted by Gasteiger charge is 2.42. The van der Waals surface area contributed by atoms with Crippen LogP contribution in [0, 0.1) is 0 Å². The molecule has 1 atom stereocenters. The Morgan fingerprint density at radius 1 is 1.36 bits per heavy atom. The van der Waals surface area contributed by atoms with Crippen molar-refractivity contribution in [3.05, 3.63) is 41.2 Å². The highest BCUT2D eigenvalue weighted by molar-refractivity contribution is 6.08. The van der Waals surface area contributed by atoms with Gasteiger partial charge in [-0.1, -0.05) is 12.1 Å². The van der Waals surface area contributed by atoms with Gasteiger partial charge in [0.25, 0.3) is 5.91 Å². The van der Waals surface area contributed by atoms with Crippen molar-refractivity contribution in [2.75, 3.05) is 27.4 Å². The van der Waals surface area contributed by atoms with Gasteiger partial charge in [0, 0.05) is 13.7 Å². The molecular formula is C16H19NO5. The second kappa shape index (κ2) is 6.62. The Labute approximate surface area is 128 Å². The second-order valence-corrected chi connectivity index (χ2v) is 4.99. The maximum atomic E-state index is 12.2. The summed E-state index contributed by atoms with van der Waals surface area (Å²) in [5, 5.41) is 10.1. The maximum Gasteiger partial charge on any atom is 0.290 e. The van der Waals surface area contributed by atoms with Crippen molar-refractivity contribution in [1.82, 2.24) is 4.90 Å². The van der Waals surface area contributed by atoms with Crippen LogP contribution in [0.25, 0.3) is 0 Å². The number of carbonyl (C=O) groups excluding carboxylic acids is 2. The average molecular weight is 305 g/mol. The largest absolute Gasteiger partial charge is 0.503 e. The van der Waals surface area contributed by atoms with E-state index >= 15 is 0 Å². The average Bonchev–Trinajstić information content (AvgIpc) is 2.77. The van der Waals surface area contributed by atoms with E-state index in [0.717, 1.165) is 0 Å². The summed E-state index contributed by atoms with van der Waals surface area (Å²) in [6.45, 7) is 1.93. The Morgan fingerprint density at radius 2 is 2.09 bits per heavy atom. The normalized spacial score (nSPS) is 18.0.